The summed E-state index contributed by atoms with van der Waals surface area (Å²) in [5.74, 6) is 0. The van der Waals surface area contributed by atoms with Crippen molar-refractivity contribution < 1.29 is 5.11 Å². The van der Waals surface area contributed by atoms with Crippen LogP contribution in [0.4, 0.5) is 0 Å². The maximum atomic E-state index is 9.92. The normalized spacial score (nSPS) is 11.9. The number of aliphatic hydroxyl groups excluding tert-OH is 1. The Morgan fingerprint density at radius 3 is 2.94 bits per heavy atom. The molecular formula is C14H17ClN2O. The third kappa shape index (κ3) is 3.83. The molecule has 1 N–H and O–H groups in total. The molecule has 0 saturated heterocycles. The zero-order chi connectivity index (χ0) is 13.5. The summed E-state index contributed by atoms with van der Waals surface area (Å²) in [6, 6.07) is 3.64. The highest BCUT2D eigenvalue weighted by Crippen LogP contribution is 2.26. The minimum Gasteiger partial charge on any atom is -0.383 e. The van der Waals surface area contributed by atoms with Crippen LogP contribution < -0.4 is 0 Å². The molecule has 0 spiro atoms. The molecule has 0 radical (unpaired) electrons. The first-order chi connectivity index (χ1) is 8.60. The number of unbranched alkanes of at least 4 members (excludes halogenated alkanes) is 2. The lowest BCUT2D eigenvalue weighted by molar-refractivity contribution is 0.220. The van der Waals surface area contributed by atoms with Gasteiger partial charge in [0, 0.05) is 11.8 Å². The molecule has 4 heteroatoms. The van der Waals surface area contributed by atoms with Gasteiger partial charge < -0.3 is 5.11 Å². The number of hydrogen-bond donors (Lipinski definition) is 1. The number of pyridine rings is 1. The number of aromatic nitrogens is 1. The molecule has 1 unspecified atom stereocenters. The molecule has 0 aliphatic carbocycles. The van der Waals surface area contributed by atoms with E-state index in [1.54, 1.807) is 12.3 Å². The van der Waals surface area contributed by atoms with Gasteiger partial charge in [0.1, 0.15) is 11.3 Å². The second-order valence-corrected chi connectivity index (χ2v) is 4.58. The van der Waals surface area contributed by atoms with Crippen molar-refractivity contribution in [3.63, 3.8) is 0 Å². The van der Waals surface area contributed by atoms with E-state index in [0.717, 1.165) is 31.2 Å². The molecule has 0 fully saturated rings. The fraction of sp³-hybridized carbons (Fsp3) is 0.429. The highest BCUT2D eigenvalue weighted by Gasteiger charge is 2.16. The standard InChI is InChI=1S/C14H17ClN2O/c1-3-4-5-6-11-7-12(14(15)17-9-11)13(18)10(2)8-16/h7,9,13,18H,2-6H2,1H3. The topological polar surface area (TPSA) is 56.9 Å². The molecule has 0 bridgehead atoms. The first-order valence-electron chi connectivity index (χ1n) is 6.01. The zero-order valence-electron chi connectivity index (χ0n) is 10.5. The lowest BCUT2D eigenvalue weighted by atomic mass is 10.0. The zero-order valence-corrected chi connectivity index (χ0v) is 11.2. The van der Waals surface area contributed by atoms with E-state index in [2.05, 4.69) is 18.5 Å². The molecule has 18 heavy (non-hydrogen) atoms. The first kappa shape index (κ1) is 14.7. The lowest BCUT2D eigenvalue weighted by Gasteiger charge is -2.12. The van der Waals surface area contributed by atoms with Gasteiger partial charge in [0.05, 0.1) is 11.6 Å². The van der Waals surface area contributed by atoms with E-state index >= 15 is 0 Å². The van der Waals surface area contributed by atoms with Crippen LogP contribution in [0.15, 0.2) is 24.4 Å². The van der Waals surface area contributed by atoms with Gasteiger partial charge in [-0.1, -0.05) is 37.9 Å². The van der Waals surface area contributed by atoms with E-state index < -0.39 is 6.10 Å². The van der Waals surface area contributed by atoms with Gasteiger partial charge in [-0.3, -0.25) is 0 Å². The third-order valence-electron chi connectivity index (χ3n) is 2.76. The minimum absolute atomic E-state index is 0.0735. The molecule has 0 aliphatic rings. The van der Waals surface area contributed by atoms with Crippen molar-refractivity contribution in [2.75, 3.05) is 0 Å². The van der Waals surface area contributed by atoms with Crippen LogP contribution in [0, 0.1) is 11.3 Å². The molecule has 0 amide bonds. The monoisotopic (exact) mass is 264 g/mol. The number of nitrogens with zero attached hydrogens (tertiary/aromatic N) is 2. The van der Waals surface area contributed by atoms with Crippen molar-refractivity contribution in [3.8, 4) is 6.07 Å². The van der Waals surface area contributed by atoms with Crippen LogP contribution >= 0.6 is 11.6 Å². The Hall–Kier alpha value is -1.37. The quantitative estimate of drug-likeness (QED) is 0.485. The fourth-order valence-electron chi connectivity index (χ4n) is 1.67. The Labute approximate surface area is 113 Å². The Bertz CT molecular complexity index is 465. The Morgan fingerprint density at radius 1 is 1.61 bits per heavy atom. The maximum absolute atomic E-state index is 9.92. The summed E-state index contributed by atoms with van der Waals surface area (Å²) in [6.07, 6.45) is 4.93. The average Bonchev–Trinajstić information content (AvgIpc) is 2.39. The summed E-state index contributed by atoms with van der Waals surface area (Å²) >= 11 is 5.93. The van der Waals surface area contributed by atoms with Crippen LogP contribution in [0.5, 0.6) is 0 Å². The smallest absolute Gasteiger partial charge is 0.135 e. The van der Waals surface area contributed by atoms with Gasteiger partial charge in [0.25, 0.3) is 0 Å². The van der Waals surface area contributed by atoms with Crippen LogP contribution in [0.1, 0.15) is 43.4 Å². The highest BCUT2D eigenvalue weighted by atomic mass is 35.5. The fourth-order valence-corrected chi connectivity index (χ4v) is 1.87. The van der Waals surface area contributed by atoms with Crippen molar-refractivity contribution in [2.45, 2.75) is 38.7 Å². The molecule has 1 atom stereocenters. The molecule has 1 heterocycles. The van der Waals surface area contributed by atoms with E-state index in [1.165, 1.54) is 0 Å². The highest BCUT2D eigenvalue weighted by molar-refractivity contribution is 6.30. The van der Waals surface area contributed by atoms with Crippen LogP contribution in [0.2, 0.25) is 5.15 Å². The average molecular weight is 265 g/mol. The van der Waals surface area contributed by atoms with Crippen molar-refractivity contribution in [3.05, 3.63) is 40.7 Å². The van der Waals surface area contributed by atoms with Crippen molar-refractivity contribution in [1.82, 2.24) is 4.98 Å². The molecule has 0 saturated carbocycles. The van der Waals surface area contributed by atoms with Crippen LogP contribution in [0.25, 0.3) is 0 Å². The number of rotatable bonds is 6. The Kier molecular flexibility index (Phi) is 5.84. The third-order valence-corrected chi connectivity index (χ3v) is 3.08. The van der Waals surface area contributed by atoms with Gasteiger partial charge >= 0.3 is 0 Å². The molecule has 96 valence electrons. The summed E-state index contributed by atoms with van der Waals surface area (Å²) < 4.78 is 0. The van der Waals surface area contributed by atoms with E-state index in [0.29, 0.717) is 5.56 Å². The molecule has 1 rings (SSSR count). The number of hydrogen-bond acceptors (Lipinski definition) is 3. The first-order valence-corrected chi connectivity index (χ1v) is 6.39. The van der Waals surface area contributed by atoms with E-state index in [-0.39, 0.29) is 10.7 Å². The van der Waals surface area contributed by atoms with E-state index in [1.807, 2.05) is 6.07 Å². The minimum atomic E-state index is -1.07. The second kappa shape index (κ2) is 7.15. The number of aliphatic hydroxyl groups is 1. The predicted molar refractivity (Wildman–Crippen MR) is 72.2 cm³/mol. The van der Waals surface area contributed by atoms with Crippen molar-refractivity contribution in [2.24, 2.45) is 0 Å². The number of halogens is 1. The van der Waals surface area contributed by atoms with Gasteiger partial charge in [-0.15, -0.1) is 0 Å². The van der Waals surface area contributed by atoms with E-state index in [4.69, 9.17) is 16.9 Å². The lowest BCUT2D eigenvalue weighted by Crippen LogP contribution is -2.03. The summed E-state index contributed by atoms with van der Waals surface area (Å²) in [4.78, 5) is 4.05. The molecule has 1 aromatic heterocycles. The van der Waals surface area contributed by atoms with Crippen LogP contribution in [-0.2, 0) is 6.42 Å². The molecular weight excluding hydrogens is 248 g/mol. The molecule has 0 aliphatic heterocycles. The van der Waals surface area contributed by atoms with Gasteiger partial charge in [0.15, 0.2) is 0 Å². The Balaban J connectivity index is 2.88. The molecule has 0 aromatic carbocycles. The van der Waals surface area contributed by atoms with Crippen LogP contribution in [-0.4, -0.2) is 10.1 Å². The maximum Gasteiger partial charge on any atom is 0.135 e. The summed E-state index contributed by atoms with van der Waals surface area (Å²) in [6.45, 7) is 5.64. The van der Waals surface area contributed by atoms with Gasteiger partial charge in [-0.25, -0.2) is 4.98 Å². The van der Waals surface area contributed by atoms with Crippen molar-refractivity contribution in [1.29, 1.82) is 5.26 Å². The van der Waals surface area contributed by atoms with Crippen molar-refractivity contribution >= 4 is 11.6 Å². The molecule has 1 aromatic rings. The number of aryl methyl sites for hydroxylation is 1. The van der Waals surface area contributed by atoms with Gasteiger partial charge in [0.2, 0.25) is 0 Å². The summed E-state index contributed by atoms with van der Waals surface area (Å²) in [5, 5.41) is 18.9. The molecule has 3 nitrogen and oxygen atoms in total. The summed E-state index contributed by atoms with van der Waals surface area (Å²) in [7, 11) is 0. The largest absolute Gasteiger partial charge is 0.383 e. The van der Waals surface area contributed by atoms with Crippen LogP contribution in [0.3, 0.4) is 0 Å². The van der Waals surface area contributed by atoms with Gasteiger partial charge in [-0.2, -0.15) is 5.26 Å². The van der Waals surface area contributed by atoms with Gasteiger partial charge in [-0.05, 0) is 24.5 Å². The SMILES string of the molecule is C=C(C#N)C(O)c1cc(CCCCC)cnc1Cl. The summed E-state index contributed by atoms with van der Waals surface area (Å²) in [5.41, 5.74) is 1.55. The second-order valence-electron chi connectivity index (χ2n) is 4.22. The van der Waals surface area contributed by atoms with E-state index in [9.17, 15) is 5.11 Å². The number of nitriles is 1. The predicted octanol–water partition coefficient (Wildman–Crippen LogP) is 3.58. The Morgan fingerprint density at radius 2 is 2.33 bits per heavy atom.